The van der Waals surface area contributed by atoms with Crippen molar-refractivity contribution in [1.29, 1.82) is 0 Å². The highest BCUT2D eigenvalue weighted by atomic mass is 16.4. The molecule has 0 aliphatic rings. The number of allylic oxidation sites excluding steroid dienone is 6. The van der Waals surface area contributed by atoms with Gasteiger partial charge in [-0.05, 0) is 96.3 Å². The normalized spacial score (nSPS) is 11.3. The number of carboxylic acid groups (broad SMARTS) is 3. The summed E-state index contributed by atoms with van der Waals surface area (Å²) in [6.07, 6.45) is 63.7. The monoisotopic (exact) mass is 967 g/mol. The zero-order valence-electron chi connectivity index (χ0n) is 45.2. The van der Waals surface area contributed by atoms with Gasteiger partial charge in [0.15, 0.2) is 0 Å². The van der Waals surface area contributed by atoms with Gasteiger partial charge in [-0.3, -0.25) is 14.4 Å². The molecule has 0 amide bonds. The van der Waals surface area contributed by atoms with E-state index in [1.165, 1.54) is 212 Å². The average Bonchev–Trinajstić information content (AvgIpc) is 3.32. The Hall–Kier alpha value is -2.49. The van der Waals surface area contributed by atoms with Crippen molar-refractivity contribution < 1.29 is 45.0 Å². The quantitative estimate of drug-likeness (QED) is 0.0256. The van der Waals surface area contributed by atoms with Crippen LogP contribution in [0.4, 0.5) is 0 Å². The number of carbonyl (C=O) groups is 3. The van der Waals surface area contributed by atoms with Crippen LogP contribution in [0.25, 0.3) is 0 Å². The highest BCUT2D eigenvalue weighted by Crippen LogP contribution is 2.14. The lowest BCUT2D eigenvalue weighted by atomic mass is 9.95. The molecule has 0 heterocycles. The molecular weight excluding hydrogens is 853 g/mol. The van der Waals surface area contributed by atoms with Gasteiger partial charge in [-0.1, -0.05) is 218 Å². The van der Waals surface area contributed by atoms with E-state index in [9.17, 15) is 14.4 Å². The van der Waals surface area contributed by atoms with Crippen LogP contribution < -0.4 is 0 Å². The second-order valence-electron chi connectivity index (χ2n) is 19.5. The Labute approximate surface area is 420 Å². The van der Waals surface area contributed by atoms with Gasteiger partial charge in [-0.25, -0.2) is 0 Å². The summed E-state index contributed by atoms with van der Waals surface area (Å²) in [7, 11) is 0. The van der Waals surface area contributed by atoms with Gasteiger partial charge in [0.25, 0.3) is 0 Å². The zero-order valence-corrected chi connectivity index (χ0v) is 45.2. The van der Waals surface area contributed by atoms with Crippen molar-refractivity contribution in [3.05, 3.63) is 36.5 Å². The van der Waals surface area contributed by atoms with Gasteiger partial charge < -0.3 is 30.6 Å². The summed E-state index contributed by atoms with van der Waals surface area (Å²) < 4.78 is 0. The van der Waals surface area contributed by atoms with Crippen molar-refractivity contribution in [3.8, 4) is 0 Å². The summed E-state index contributed by atoms with van der Waals surface area (Å²) in [4.78, 5) is 31.0. The first-order valence-corrected chi connectivity index (χ1v) is 28.4. The lowest BCUT2D eigenvalue weighted by Gasteiger charge is -2.20. The molecule has 0 aromatic heterocycles. The minimum Gasteiger partial charge on any atom is -0.481 e. The first kappa shape index (κ1) is 72.1. The maximum Gasteiger partial charge on any atom is 0.303 e. The fourth-order valence-electron chi connectivity index (χ4n) is 7.19. The third kappa shape index (κ3) is 75.0. The van der Waals surface area contributed by atoms with Crippen molar-refractivity contribution >= 4 is 17.9 Å². The Balaban J connectivity index is -0.000000417. The molecule has 68 heavy (non-hydrogen) atoms. The predicted octanol–water partition coefficient (Wildman–Crippen LogP) is 17.3. The van der Waals surface area contributed by atoms with E-state index < -0.39 is 23.3 Å². The summed E-state index contributed by atoms with van der Waals surface area (Å²) in [5.74, 6) is -1.99. The highest BCUT2D eigenvalue weighted by Gasteiger charge is 2.20. The van der Waals surface area contributed by atoms with Gasteiger partial charge in [0, 0.05) is 24.7 Å². The Bertz CT molecular complexity index is 955. The van der Waals surface area contributed by atoms with Gasteiger partial charge >= 0.3 is 17.9 Å². The number of hydrogen-bond acceptors (Lipinski definition) is 6. The Morgan fingerprint density at radius 3 is 0.603 bits per heavy atom. The van der Waals surface area contributed by atoms with Gasteiger partial charge in [-0.2, -0.15) is 0 Å². The van der Waals surface area contributed by atoms with E-state index in [4.69, 9.17) is 30.6 Å². The van der Waals surface area contributed by atoms with Crippen molar-refractivity contribution in [2.45, 2.75) is 297 Å². The number of aliphatic hydroxyl groups is 3. The summed E-state index contributed by atoms with van der Waals surface area (Å²) >= 11 is 0. The van der Waals surface area contributed by atoms with Crippen LogP contribution in [-0.4, -0.2) is 68.4 Å². The molecule has 9 heteroatoms. The molecule has 0 fully saturated rings. The number of rotatable bonds is 48. The maximum absolute atomic E-state index is 10.3. The van der Waals surface area contributed by atoms with Gasteiger partial charge in [0.2, 0.25) is 0 Å². The third-order valence-corrected chi connectivity index (χ3v) is 12.1. The number of aliphatic carboxylic acids is 3. The van der Waals surface area contributed by atoms with Crippen LogP contribution in [0.3, 0.4) is 0 Å². The number of hydrogen-bond donors (Lipinski definition) is 6. The SMILES string of the molecule is CC(CO)(CO)CO.CCCCCCCC/C=C\CCCCCCCC(=O)O.CCCCCCCC/C=C\CCCCCCCC(=O)O.CCCCCCCC/C=C\CCCCCCCC(=O)O. The summed E-state index contributed by atoms with van der Waals surface area (Å²) in [6, 6.07) is 0. The highest BCUT2D eigenvalue weighted by molar-refractivity contribution is 5.67. The predicted molar refractivity (Wildman–Crippen MR) is 291 cm³/mol. The number of unbranched alkanes of at least 4 members (excludes halogenated alkanes) is 33. The molecule has 0 aromatic carbocycles. The second-order valence-corrected chi connectivity index (χ2v) is 19.5. The van der Waals surface area contributed by atoms with E-state index in [0.29, 0.717) is 19.3 Å². The van der Waals surface area contributed by atoms with Crippen LogP contribution in [0.2, 0.25) is 0 Å². The molecule has 0 aromatic rings. The molecule has 0 atom stereocenters. The molecule has 0 saturated heterocycles. The minimum atomic E-state index is -0.708. The van der Waals surface area contributed by atoms with E-state index in [1.54, 1.807) is 6.92 Å². The Morgan fingerprint density at radius 1 is 0.294 bits per heavy atom. The van der Waals surface area contributed by atoms with Crippen molar-refractivity contribution in [2.75, 3.05) is 19.8 Å². The molecular formula is C59H114O9. The lowest BCUT2D eigenvalue weighted by Crippen LogP contribution is -2.29. The standard InChI is InChI=1S/3C18H34O2.C5H12O3/c3*1-2-3-4-5-6-7-8-9-10-11-12-13-14-15-16-17-18(19)20;1-5(2-6,3-7)4-8/h3*9-10H,2-8,11-17H2,1H3,(H,19,20);6-8H,2-4H2,1H3/b3*10-9-;. The third-order valence-electron chi connectivity index (χ3n) is 12.1. The average molecular weight is 968 g/mol. The Morgan fingerprint density at radius 2 is 0.456 bits per heavy atom. The van der Waals surface area contributed by atoms with E-state index in [0.717, 1.165) is 38.5 Å². The molecule has 0 spiro atoms. The van der Waals surface area contributed by atoms with Crippen LogP contribution >= 0.6 is 0 Å². The molecule has 0 rings (SSSR count). The maximum atomic E-state index is 10.3. The fraction of sp³-hybridized carbons (Fsp3) is 0.847. The first-order valence-electron chi connectivity index (χ1n) is 28.4. The van der Waals surface area contributed by atoms with Gasteiger partial charge in [0.1, 0.15) is 0 Å². The topological polar surface area (TPSA) is 173 Å². The van der Waals surface area contributed by atoms with Crippen LogP contribution in [0.5, 0.6) is 0 Å². The molecule has 6 N–H and O–H groups in total. The molecule has 0 saturated carbocycles. The van der Waals surface area contributed by atoms with Crippen LogP contribution in [-0.2, 0) is 14.4 Å². The summed E-state index contributed by atoms with van der Waals surface area (Å²) in [5, 5.41) is 50.9. The summed E-state index contributed by atoms with van der Waals surface area (Å²) in [6.45, 7) is 7.84. The molecule has 0 unspecified atom stereocenters. The van der Waals surface area contributed by atoms with Crippen LogP contribution in [0.15, 0.2) is 36.5 Å². The largest absolute Gasteiger partial charge is 0.481 e. The number of carboxylic acids is 3. The molecule has 0 aliphatic carbocycles. The van der Waals surface area contributed by atoms with Crippen molar-refractivity contribution in [3.63, 3.8) is 0 Å². The molecule has 0 bridgehead atoms. The first-order chi connectivity index (χ1) is 33.0. The molecule has 0 radical (unpaired) electrons. The second kappa shape index (κ2) is 64.5. The van der Waals surface area contributed by atoms with Crippen LogP contribution in [0.1, 0.15) is 297 Å². The van der Waals surface area contributed by atoms with E-state index in [1.807, 2.05) is 0 Å². The molecule has 404 valence electrons. The number of aliphatic hydroxyl groups excluding tert-OH is 3. The van der Waals surface area contributed by atoms with Crippen molar-refractivity contribution in [1.82, 2.24) is 0 Å². The molecule has 9 nitrogen and oxygen atoms in total. The zero-order chi connectivity index (χ0) is 51.3. The van der Waals surface area contributed by atoms with E-state index in [2.05, 4.69) is 57.2 Å². The van der Waals surface area contributed by atoms with Crippen molar-refractivity contribution in [2.24, 2.45) is 5.41 Å². The van der Waals surface area contributed by atoms with Gasteiger partial charge in [-0.15, -0.1) is 0 Å². The van der Waals surface area contributed by atoms with E-state index in [-0.39, 0.29) is 19.8 Å². The Kier molecular flexibility index (Phi) is 68.4. The summed E-state index contributed by atoms with van der Waals surface area (Å²) in [5.41, 5.74) is -0.708. The lowest BCUT2D eigenvalue weighted by molar-refractivity contribution is -0.138. The minimum absolute atomic E-state index is 0.181. The van der Waals surface area contributed by atoms with Gasteiger partial charge in [0.05, 0.1) is 19.8 Å². The smallest absolute Gasteiger partial charge is 0.303 e. The van der Waals surface area contributed by atoms with E-state index >= 15 is 0 Å². The molecule has 0 aliphatic heterocycles. The fourth-order valence-corrected chi connectivity index (χ4v) is 7.19. The van der Waals surface area contributed by atoms with Crippen LogP contribution in [0, 0.1) is 5.41 Å².